The minimum Gasteiger partial charge on any atom is -0.305 e. The van der Waals surface area contributed by atoms with E-state index in [1.807, 2.05) is 6.21 Å². The lowest BCUT2D eigenvalue weighted by atomic mass is 9.99. The first-order valence-electron chi connectivity index (χ1n) is 7.37. The molecule has 102 valence electrons. The van der Waals surface area contributed by atoms with E-state index in [9.17, 15) is 0 Å². The van der Waals surface area contributed by atoms with Crippen LogP contribution in [0.2, 0.25) is 0 Å². The molecule has 0 aromatic heterocycles. The van der Waals surface area contributed by atoms with Crippen LogP contribution in [0, 0.1) is 0 Å². The summed E-state index contributed by atoms with van der Waals surface area (Å²) in [5.41, 5.74) is 1.33. The highest BCUT2D eigenvalue weighted by atomic mass is 15.0. The Hall–Kier alpha value is -1.41. The molecule has 2 unspecified atom stereocenters. The van der Waals surface area contributed by atoms with Crippen molar-refractivity contribution in [3.05, 3.63) is 48.0 Å². The second kappa shape index (κ2) is 7.90. The van der Waals surface area contributed by atoms with Crippen LogP contribution in [0.4, 0.5) is 0 Å². The summed E-state index contributed by atoms with van der Waals surface area (Å²) < 4.78 is 0. The number of unbranched alkanes of at least 4 members (excludes halogenated alkanes) is 2. The second-order valence-electron chi connectivity index (χ2n) is 5.14. The lowest BCUT2D eigenvalue weighted by Gasteiger charge is -2.24. The van der Waals surface area contributed by atoms with E-state index in [0.29, 0.717) is 12.1 Å². The maximum atomic E-state index is 4.62. The zero-order valence-corrected chi connectivity index (χ0v) is 11.8. The van der Waals surface area contributed by atoms with E-state index in [4.69, 9.17) is 0 Å². The molecular formula is C17H24N2. The summed E-state index contributed by atoms with van der Waals surface area (Å²) in [5.74, 6) is 0. The predicted molar refractivity (Wildman–Crippen MR) is 82.6 cm³/mol. The Morgan fingerprint density at radius 3 is 2.79 bits per heavy atom. The summed E-state index contributed by atoms with van der Waals surface area (Å²) in [4.78, 5) is 4.62. The molecule has 0 amide bonds. The number of allylic oxidation sites excluding steroid dienone is 1. The predicted octanol–water partition coefficient (Wildman–Crippen LogP) is 3.73. The van der Waals surface area contributed by atoms with Crippen molar-refractivity contribution in [1.82, 2.24) is 5.32 Å². The molecule has 2 nitrogen and oxygen atoms in total. The van der Waals surface area contributed by atoms with Crippen LogP contribution < -0.4 is 5.32 Å². The molecule has 0 saturated heterocycles. The second-order valence-corrected chi connectivity index (χ2v) is 5.14. The number of benzene rings is 1. The van der Waals surface area contributed by atoms with Crippen molar-refractivity contribution in [3.63, 3.8) is 0 Å². The van der Waals surface area contributed by atoms with E-state index < -0.39 is 0 Å². The monoisotopic (exact) mass is 256 g/mol. The van der Waals surface area contributed by atoms with Crippen molar-refractivity contribution in [2.24, 2.45) is 4.99 Å². The van der Waals surface area contributed by atoms with Crippen LogP contribution in [0.1, 0.15) is 38.2 Å². The zero-order chi connectivity index (χ0) is 13.3. The van der Waals surface area contributed by atoms with Crippen LogP contribution in [-0.4, -0.2) is 18.3 Å². The van der Waals surface area contributed by atoms with E-state index in [2.05, 4.69) is 59.7 Å². The molecule has 0 fully saturated rings. The first-order chi connectivity index (χ1) is 9.40. The molecule has 0 bridgehead atoms. The van der Waals surface area contributed by atoms with Gasteiger partial charge in [-0.05, 0) is 18.1 Å². The fourth-order valence-electron chi connectivity index (χ4n) is 2.44. The fourth-order valence-corrected chi connectivity index (χ4v) is 2.44. The third-order valence-corrected chi connectivity index (χ3v) is 3.58. The molecule has 2 rings (SSSR count). The van der Waals surface area contributed by atoms with Crippen LogP contribution in [-0.2, 0) is 6.54 Å². The Morgan fingerprint density at radius 2 is 2.00 bits per heavy atom. The van der Waals surface area contributed by atoms with Gasteiger partial charge in [0, 0.05) is 18.8 Å². The van der Waals surface area contributed by atoms with Crippen molar-refractivity contribution >= 4 is 6.21 Å². The van der Waals surface area contributed by atoms with E-state index in [1.165, 1.54) is 31.2 Å². The molecule has 0 radical (unpaired) electrons. The van der Waals surface area contributed by atoms with Crippen LogP contribution in [0.15, 0.2) is 47.5 Å². The molecule has 1 aliphatic rings. The highest BCUT2D eigenvalue weighted by Gasteiger charge is 2.18. The SMILES string of the molecule is CCCCCC1N=CC=CC1NCc1ccccc1. The lowest BCUT2D eigenvalue weighted by Crippen LogP contribution is -2.38. The first-order valence-corrected chi connectivity index (χ1v) is 7.37. The average Bonchev–Trinajstić information content (AvgIpc) is 2.48. The van der Waals surface area contributed by atoms with Crippen molar-refractivity contribution in [2.75, 3.05) is 0 Å². The van der Waals surface area contributed by atoms with Gasteiger partial charge >= 0.3 is 0 Å². The summed E-state index contributed by atoms with van der Waals surface area (Å²) in [6, 6.07) is 11.3. The Bertz CT molecular complexity index is 409. The highest BCUT2D eigenvalue weighted by Crippen LogP contribution is 2.14. The molecule has 2 atom stereocenters. The standard InChI is InChI=1S/C17H24N2/c1-2-3-5-11-16-17(12-8-13-18-16)19-14-15-9-6-4-7-10-15/h4,6-10,12-13,16-17,19H,2-3,5,11,14H2,1H3. The van der Waals surface area contributed by atoms with Crippen LogP contribution in [0.3, 0.4) is 0 Å². The number of dihydropyridines is 1. The topological polar surface area (TPSA) is 24.4 Å². The largest absolute Gasteiger partial charge is 0.305 e. The number of rotatable bonds is 7. The summed E-state index contributed by atoms with van der Waals surface area (Å²) >= 11 is 0. The third kappa shape index (κ3) is 4.64. The first kappa shape index (κ1) is 14.0. The molecule has 0 aliphatic carbocycles. The average molecular weight is 256 g/mol. The number of aliphatic imine (C=N–C) groups is 1. The number of hydrogen-bond donors (Lipinski definition) is 1. The van der Waals surface area contributed by atoms with E-state index in [0.717, 1.165) is 6.54 Å². The Balaban J connectivity index is 1.83. The molecule has 1 aromatic rings. The summed E-state index contributed by atoms with van der Waals surface area (Å²) in [6.07, 6.45) is 11.3. The van der Waals surface area contributed by atoms with E-state index >= 15 is 0 Å². The van der Waals surface area contributed by atoms with Crippen molar-refractivity contribution < 1.29 is 0 Å². The molecule has 1 N–H and O–H groups in total. The van der Waals surface area contributed by atoms with Gasteiger partial charge in [-0.15, -0.1) is 0 Å². The number of hydrogen-bond acceptors (Lipinski definition) is 2. The normalized spacial score (nSPS) is 21.7. The van der Waals surface area contributed by atoms with Crippen molar-refractivity contribution in [2.45, 2.75) is 51.2 Å². The summed E-state index contributed by atoms with van der Waals surface area (Å²) in [6.45, 7) is 3.16. The number of nitrogens with one attached hydrogen (secondary N) is 1. The Kier molecular flexibility index (Phi) is 5.83. The van der Waals surface area contributed by atoms with E-state index in [-0.39, 0.29) is 0 Å². The van der Waals surface area contributed by atoms with Gasteiger partial charge in [0.05, 0.1) is 6.04 Å². The summed E-state index contributed by atoms with van der Waals surface area (Å²) in [7, 11) is 0. The quantitative estimate of drug-likeness (QED) is 0.738. The van der Waals surface area contributed by atoms with Gasteiger partial charge in [0.1, 0.15) is 0 Å². The minimum atomic E-state index is 0.377. The molecule has 1 aliphatic heterocycles. The Labute approximate surface area is 116 Å². The highest BCUT2D eigenvalue weighted by molar-refractivity contribution is 5.72. The molecule has 1 heterocycles. The van der Waals surface area contributed by atoms with Crippen molar-refractivity contribution in [1.29, 1.82) is 0 Å². The van der Waals surface area contributed by atoms with Crippen LogP contribution in [0.25, 0.3) is 0 Å². The van der Waals surface area contributed by atoms with Gasteiger partial charge in [0.25, 0.3) is 0 Å². The van der Waals surface area contributed by atoms with Gasteiger partial charge in [-0.25, -0.2) is 0 Å². The van der Waals surface area contributed by atoms with Gasteiger partial charge in [-0.1, -0.05) is 62.6 Å². The molecule has 19 heavy (non-hydrogen) atoms. The van der Waals surface area contributed by atoms with Crippen molar-refractivity contribution in [3.8, 4) is 0 Å². The molecular weight excluding hydrogens is 232 g/mol. The van der Waals surface area contributed by atoms with Gasteiger partial charge < -0.3 is 5.32 Å². The summed E-state index contributed by atoms with van der Waals surface area (Å²) in [5, 5.41) is 3.61. The molecule has 2 heteroatoms. The molecule has 1 aromatic carbocycles. The fraction of sp³-hybridized carbons (Fsp3) is 0.471. The number of nitrogens with zero attached hydrogens (tertiary/aromatic N) is 1. The van der Waals surface area contributed by atoms with Crippen LogP contribution in [0.5, 0.6) is 0 Å². The smallest absolute Gasteiger partial charge is 0.0688 e. The van der Waals surface area contributed by atoms with E-state index in [1.54, 1.807) is 0 Å². The van der Waals surface area contributed by atoms with Gasteiger partial charge in [0.2, 0.25) is 0 Å². The molecule has 0 saturated carbocycles. The van der Waals surface area contributed by atoms with Gasteiger partial charge in [0.15, 0.2) is 0 Å². The van der Waals surface area contributed by atoms with Gasteiger partial charge in [-0.2, -0.15) is 0 Å². The molecule has 0 spiro atoms. The third-order valence-electron chi connectivity index (χ3n) is 3.58. The van der Waals surface area contributed by atoms with Gasteiger partial charge in [-0.3, -0.25) is 4.99 Å². The minimum absolute atomic E-state index is 0.377. The maximum Gasteiger partial charge on any atom is 0.0688 e. The lowest BCUT2D eigenvalue weighted by molar-refractivity contribution is 0.452. The van der Waals surface area contributed by atoms with Crippen LogP contribution >= 0.6 is 0 Å². The Morgan fingerprint density at radius 1 is 1.16 bits per heavy atom. The zero-order valence-electron chi connectivity index (χ0n) is 11.8. The maximum absolute atomic E-state index is 4.62.